The number of nitriles is 1. The van der Waals surface area contributed by atoms with Crippen molar-refractivity contribution in [2.75, 3.05) is 11.6 Å². The Morgan fingerprint density at radius 3 is 2.65 bits per heavy atom. The number of hydrogen-bond donors (Lipinski definition) is 1. The maximum absolute atomic E-state index is 13.5. The summed E-state index contributed by atoms with van der Waals surface area (Å²) in [6.07, 6.45) is 2.35. The highest BCUT2D eigenvalue weighted by molar-refractivity contribution is 7.90. The Labute approximate surface area is 186 Å². The van der Waals surface area contributed by atoms with Crippen LogP contribution in [0.3, 0.4) is 0 Å². The second-order valence-electron chi connectivity index (χ2n) is 6.54. The number of sulfone groups is 1. The van der Waals surface area contributed by atoms with Gasteiger partial charge in [0, 0.05) is 34.9 Å². The lowest BCUT2D eigenvalue weighted by Gasteiger charge is -2.10. The molecule has 160 valence electrons. The molecule has 31 heavy (non-hydrogen) atoms. The van der Waals surface area contributed by atoms with E-state index in [4.69, 9.17) is 11.6 Å². The van der Waals surface area contributed by atoms with Crippen molar-refractivity contribution in [2.24, 2.45) is 0 Å². The average molecular weight is 480 g/mol. The van der Waals surface area contributed by atoms with E-state index in [9.17, 15) is 22.9 Å². The predicted octanol–water partition coefficient (Wildman–Crippen LogP) is 3.69. The van der Waals surface area contributed by atoms with Gasteiger partial charge in [-0.2, -0.15) is 14.6 Å². The van der Waals surface area contributed by atoms with Crippen molar-refractivity contribution in [2.45, 2.75) is 19.0 Å². The van der Waals surface area contributed by atoms with E-state index in [0.717, 1.165) is 11.9 Å². The maximum atomic E-state index is 13.5. The number of halogens is 2. The summed E-state index contributed by atoms with van der Waals surface area (Å²) in [5.74, 6) is -1.29. The topological polar surface area (TPSA) is 118 Å². The van der Waals surface area contributed by atoms with E-state index in [1.807, 2.05) is 17.6 Å². The summed E-state index contributed by atoms with van der Waals surface area (Å²) in [4.78, 5) is 16.2. The summed E-state index contributed by atoms with van der Waals surface area (Å²) in [5.41, 5.74) is 2.50. The fourth-order valence-electron chi connectivity index (χ4n) is 2.84. The van der Waals surface area contributed by atoms with E-state index in [-0.39, 0.29) is 15.7 Å². The minimum absolute atomic E-state index is 0.0234. The van der Waals surface area contributed by atoms with Crippen molar-refractivity contribution in [3.63, 3.8) is 0 Å². The number of nitrogens with one attached hydrogen (secondary N) is 1. The number of amides is 1. The van der Waals surface area contributed by atoms with E-state index in [2.05, 4.69) is 14.7 Å². The Morgan fingerprint density at radius 1 is 1.35 bits per heavy atom. The van der Waals surface area contributed by atoms with Gasteiger partial charge in [0.05, 0.1) is 5.02 Å². The zero-order chi connectivity index (χ0) is 22.9. The number of carbonyl (C=O) groups excluding carboxylic acids is 1. The monoisotopic (exact) mass is 479 g/mol. The first-order valence-corrected chi connectivity index (χ1v) is 11.7. The summed E-state index contributed by atoms with van der Waals surface area (Å²) in [6.45, 7) is 3.60. The molecule has 1 aromatic carbocycles. The molecule has 0 radical (unpaired) electrons. The minimum Gasteiger partial charge on any atom is -0.318 e. The van der Waals surface area contributed by atoms with E-state index in [1.54, 1.807) is 19.1 Å². The van der Waals surface area contributed by atoms with Crippen LogP contribution in [-0.4, -0.2) is 34.5 Å². The number of anilines is 1. The smallest absolute Gasteiger partial charge is 0.268 e. The van der Waals surface area contributed by atoms with Gasteiger partial charge in [-0.05, 0) is 49.8 Å². The van der Waals surface area contributed by atoms with Crippen LogP contribution in [-0.2, 0) is 14.6 Å². The largest absolute Gasteiger partial charge is 0.318 e. The van der Waals surface area contributed by atoms with Gasteiger partial charge in [0.1, 0.15) is 17.5 Å². The van der Waals surface area contributed by atoms with Gasteiger partial charge in [-0.1, -0.05) is 11.6 Å². The van der Waals surface area contributed by atoms with Crippen molar-refractivity contribution >= 4 is 50.1 Å². The second-order valence-corrected chi connectivity index (χ2v) is 9.61. The third kappa shape index (κ3) is 4.82. The molecule has 0 unspecified atom stereocenters. The fraction of sp³-hybridized carbons (Fsp3) is 0.158. The number of carbonyl (C=O) groups is 1. The molecule has 1 N–H and O–H groups in total. The molecule has 3 aromatic rings. The third-order valence-corrected chi connectivity index (χ3v) is 6.14. The van der Waals surface area contributed by atoms with E-state index < -0.39 is 26.7 Å². The Kier molecular flexibility index (Phi) is 6.26. The Balaban J connectivity index is 1.92. The lowest BCUT2D eigenvalue weighted by atomic mass is 10.1. The molecule has 0 aliphatic carbocycles. The highest BCUT2D eigenvalue weighted by Crippen LogP contribution is 2.26. The minimum atomic E-state index is -3.61. The Morgan fingerprint density at radius 2 is 2.06 bits per heavy atom. The SMILES string of the molecule is Cc1cc(/C=C(/C#N)C(=O)Nc2nc(S(C)(=O)=O)ns2)c(C)n1-c1ccc(F)c(Cl)c1. The normalized spacial score (nSPS) is 11.9. The zero-order valence-electron chi connectivity index (χ0n) is 16.5. The maximum Gasteiger partial charge on any atom is 0.268 e. The van der Waals surface area contributed by atoms with Gasteiger partial charge in [0.25, 0.3) is 11.1 Å². The molecule has 12 heteroatoms. The van der Waals surface area contributed by atoms with Gasteiger partial charge < -0.3 is 4.57 Å². The molecule has 3 rings (SSSR count). The number of nitrogens with zero attached hydrogens (tertiary/aromatic N) is 4. The molecule has 2 aromatic heterocycles. The van der Waals surface area contributed by atoms with Crippen molar-refractivity contribution in [1.82, 2.24) is 13.9 Å². The first kappa shape index (κ1) is 22.6. The van der Waals surface area contributed by atoms with Crippen LogP contribution >= 0.6 is 23.1 Å². The highest BCUT2D eigenvalue weighted by atomic mass is 35.5. The number of aryl methyl sites for hydroxylation is 1. The molecule has 0 aliphatic rings. The lowest BCUT2D eigenvalue weighted by Crippen LogP contribution is -2.13. The van der Waals surface area contributed by atoms with Crippen LogP contribution < -0.4 is 5.32 Å². The summed E-state index contributed by atoms with van der Waals surface area (Å²) in [6, 6.07) is 7.91. The molecule has 8 nitrogen and oxygen atoms in total. The van der Waals surface area contributed by atoms with Gasteiger partial charge >= 0.3 is 0 Å². The first-order valence-electron chi connectivity index (χ1n) is 8.62. The number of rotatable bonds is 5. The third-order valence-electron chi connectivity index (χ3n) is 4.26. The molecule has 1 amide bonds. The van der Waals surface area contributed by atoms with Crippen LogP contribution in [0.2, 0.25) is 5.02 Å². The van der Waals surface area contributed by atoms with Gasteiger partial charge in [0.2, 0.25) is 15.0 Å². The number of benzene rings is 1. The summed E-state index contributed by atoms with van der Waals surface area (Å²) >= 11 is 6.58. The predicted molar refractivity (Wildman–Crippen MR) is 115 cm³/mol. The molecule has 2 heterocycles. The highest BCUT2D eigenvalue weighted by Gasteiger charge is 2.18. The van der Waals surface area contributed by atoms with Crippen LogP contribution in [0, 0.1) is 31.0 Å². The molecule has 0 saturated carbocycles. The van der Waals surface area contributed by atoms with Gasteiger partial charge in [-0.25, -0.2) is 12.8 Å². The molecule has 0 bridgehead atoms. The summed E-state index contributed by atoms with van der Waals surface area (Å²) < 4.78 is 41.9. The number of hydrogen-bond acceptors (Lipinski definition) is 7. The van der Waals surface area contributed by atoms with Crippen LogP contribution in [0.5, 0.6) is 0 Å². The lowest BCUT2D eigenvalue weighted by molar-refractivity contribution is -0.112. The first-order chi connectivity index (χ1) is 14.5. The van der Waals surface area contributed by atoms with Gasteiger partial charge in [0.15, 0.2) is 0 Å². The summed E-state index contributed by atoms with van der Waals surface area (Å²) in [7, 11) is -3.61. The average Bonchev–Trinajstić information content (AvgIpc) is 3.26. The van der Waals surface area contributed by atoms with Crippen LogP contribution in [0.15, 0.2) is 35.0 Å². The van der Waals surface area contributed by atoms with E-state index in [1.165, 1.54) is 18.2 Å². The van der Waals surface area contributed by atoms with Crippen LogP contribution in [0.4, 0.5) is 9.52 Å². The van der Waals surface area contributed by atoms with Crippen LogP contribution in [0.1, 0.15) is 17.0 Å². The standard InChI is InChI=1S/C19H15ClFN5O3S2/c1-10-6-12(11(2)26(10)14-4-5-16(21)15(20)8-14)7-13(9-22)17(27)23-18-24-19(25-30-18)31(3,28)29/h4-8H,1-3H3,(H,23,24,25,27)/b13-7-. The van der Waals surface area contributed by atoms with Crippen molar-refractivity contribution in [3.05, 3.63) is 57.6 Å². The van der Waals surface area contributed by atoms with Gasteiger partial charge in [-0.3, -0.25) is 10.1 Å². The fourth-order valence-corrected chi connectivity index (χ4v) is 4.45. The molecular formula is C19H15ClFN5O3S2. The van der Waals surface area contributed by atoms with Gasteiger partial charge in [-0.15, -0.1) is 0 Å². The molecule has 0 spiro atoms. The van der Waals surface area contributed by atoms with Crippen molar-refractivity contribution in [3.8, 4) is 11.8 Å². The molecule has 0 saturated heterocycles. The van der Waals surface area contributed by atoms with E-state index >= 15 is 0 Å². The van der Waals surface area contributed by atoms with Crippen LogP contribution in [0.25, 0.3) is 11.8 Å². The molecule has 0 aliphatic heterocycles. The van der Waals surface area contributed by atoms with Crippen molar-refractivity contribution < 1.29 is 17.6 Å². The molecular weight excluding hydrogens is 465 g/mol. The molecule has 0 atom stereocenters. The Hall–Kier alpha value is -3.07. The van der Waals surface area contributed by atoms with E-state index in [0.29, 0.717) is 28.5 Å². The van der Waals surface area contributed by atoms with Crippen molar-refractivity contribution in [1.29, 1.82) is 5.26 Å². The second kappa shape index (κ2) is 8.58. The molecule has 0 fully saturated rings. The quantitative estimate of drug-likeness (QED) is 0.440. The number of aromatic nitrogens is 3. The summed E-state index contributed by atoms with van der Waals surface area (Å²) in [5, 5.41) is 11.4. The zero-order valence-corrected chi connectivity index (χ0v) is 18.9. The Bertz CT molecular complexity index is 1370.